The predicted octanol–water partition coefficient (Wildman–Crippen LogP) is 4.69. The minimum absolute atomic E-state index is 0.0127. The predicted molar refractivity (Wildman–Crippen MR) is 136 cm³/mol. The molecule has 2 N–H and O–H groups in total. The van der Waals surface area contributed by atoms with E-state index in [4.69, 9.17) is 14.2 Å². The van der Waals surface area contributed by atoms with Crippen LogP contribution in [0.15, 0.2) is 18.3 Å². The fraction of sp³-hybridized carbons (Fsp3) is 0.423. The number of aryl methyl sites for hydroxylation is 2. The van der Waals surface area contributed by atoms with Crippen molar-refractivity contribution >= 4 is 34.7 Å². The summed E-state index contributed by atoms with van der Waals surface area (Å²) < 4.78 is 24.6. The minimum atomic E-state index is -2.43. The van der Waals surface area contributed by atoms with Crippen LogP contribution in [-0.2, 0) is 11.8 Å². The van der Waals surface area contributed by atoms with Crippen molar-refractivity contribution in [3.63, 3.8) is 0 Å². The van der Waals surface area contributed by atoms with Gasteiger partial charge in [0.15, 0.2) is 11.6 Å². The number of carbonyl (C=O) groups is 2. The fourth-order valence-corrected chi connectivity index (χ4v) is 4.65. The molecule has 182 valence electrons. The first-order valence-electron chi connectivity index (χ1n) is 13.2. The van der Waals surface area contributed by atoms with Gasteiger partial charge in [-0.3, -0.25) is 14.3 Å². The standard InChI is InChI=1S/C26H31N7O2/c1-7-20(34)18-12-27-21(30-26(35)16-8-9-16)11-19(18)29-25-24-17(10-13(2)28-25)23-22(14(3)32(24)5)15(4)33(6)31-23/h10-12,14,16H,7-9H2,1-6H3,(H2,27,28,29,30,35)/t14-/m0/s1/i1D3. The Morgan fingerprint density at radius 3 is 2.71 bits per heavy atom. The normalized spacial score (nSPS) is 18.1. The van der Waals surface area contributed by atoms with Crippen LogP contribution in [-0.4, -0.2) is 38.5 Å². The Kier molecular flexibility index (Phi) is 4.73. The highest BCUT2D eigenvalue weighted by molar-refractivity contribution is 6.03. The number of fused-ring (bicyclic) bond motifs is 3. The SMILES string of the molecule is [2H]C([2H])([2H])CC(=O)c1cnc(NC(=O)C2CC2)cc1Nc1nc(C)cc2c1N(C)[C@@H](C)c1c-2nn(C)c1C. The molecule has 35 heavy (non-hydrogen) atoms. The van der Waals surface area contributed by atoms with E-state index < -0.39 is 19.1 Å². The number of hydrogen-bond acceptors (Lipinski definition) is 7. The van der Waals surface area contributed by atoms with E-state index in [2.05, 4.69) is 27.4 Å². The molecule has 0 spiro atoms. The number of pyridine rings is 2. The van der Waals surface area contributed by atoms with Gasteiger partial charge in [-0.25, -0.2) is 9.97 Å². The van der Waals surface area contributed by atoms with Crippen LogP contribution in [0.25, 0.3) is 11.3 Å². The second-order valence-corrected chi connectivity index (χ2v) is 9.37. The maximum absolute atomic E-state index is 13.0. The van der Waals surface area contributed by atoms with Crippen LogP contribution in [0.5, 0.6) is 0 Å². The van der Waals surface area contributed by atoms with E-state index in [0.717, 1.165) is 46.7 Å². The van der Waals surface area contributed by atoms with Gasteiger partial charge in [0.05, 0.1) is 23.0 Å². The average Bonchev–Trinajstić information content (AvgIpc) is 3.62. The molecule has 0 radical (unpaired) electrons. The van der Waals surface area contributed by atoms with Crippen molar-refractivity contribution in [3.8, 4) is 11.3 Å². The minimum Gasteiger partial charge on any atom is -0.364 e. The number of rotatable bonds is 6. The molecular formula is C26H31N7O2. The van der Waals surface area contributed by atoms with E-state index in [1.807, 2.05) is 38.7 Å². The fourth-order valence-electron chi connectivity index (χ4n) is 4.65. The van der Waals surface area contributed by atoms with E-state index in [1.54, 1.807) is 6.07 Å². The maximum Gasteiger partial charge on any atom is 0.228 e. The van der Waals surface area contributed by atoms with Gasteiger partial charge in [0.1, 0.15) is 11.5 Å². The molecular weight excluding hydrogens is 442 g/mol. The third kappa shape index (κ3) is 3.94. The smallest absolute Gasteiger partial charge is 0.228 e. The number of Topliss-reactive ketones (excluding diaryl/α,β-unsaturated/α-hetero) is 1. The second-order valence-electron chi connectivity index (χ2n) is 9.37. The van der Waals surface area contributed by atoms with E-state index in [-0.39, 0.29) is 29.2 Å². The van der Waals surface area contributed by atoms with Crippen molar-refractivity contribution < 1.29 is 13.7 Å². The third-order valence-electron chi connectivity index (χ3n) is 6.93. The molecule has 1 aliphatic heterocycles. The summed E-state index contributed by atoms with van der Waals surface area (Å²) in [6, 6.07) is 3.56. The highest BCUT2D eigenvalue weighted by atomic mass is 16.2. The number of nitrogens with zero attached hydrogens (tertiary/aromatic N) is 5. The van der Waals surface area contributed by atoms with Gasteiger partial charge in [0, 0.05) is 65.3 Å². The van der Waals surface area contributed by atoms with E-state index in [1.165, 1.54) is 6.20 Å². The summed E-state index contributed by atoms with van der Waals surface area (Å²) in [5.41, 5.74) is 6.00. The van der Waals surface area contributed by atoms with Crippen LogP contribution in [0.4, 0.5) is 23.0 Å². The molecule has 3 aromatic rings. The molecule has 9 heteroatoms. The summed E-state index contributed by atoms with van der Waals surface area (Å²) in [5, 5.41) is 10.9. The Balaban J connectivity index is 1.61. The highest BCUT2D eigenvalue weighted by Gasteiger charge is 2.34. The monoisotopic (exact) mass is 476 g/mol. The molecule has 0 aromatic carbocycles. The lowest BCUT2D eigenvalue weighted by molar-refractivity contribution is -0.117. The molecule has 0 unspecified atom stereocenters. The first kappa shape index (κ1) is 19.5. The first-order chi connectivity index (χ1) is 17.8. The van der Waals surface area contributed by atoms with E-state index in [0.29, 0.717) is 11.5 Å². The zero-order valence-electron chi connectivity index (χ0n) is 23.6. The molecule has 4 heterocycles. The summed E-state index contributed by atoms with van der Waals surface area (Å²) in [5.74, 6) is 0.0490. The van der Waals surface area contributed by atoms with Crippen LogP contribution < -0.4 is 15.5 Å². The van der Waals surface area contributed by atoms with E-state index in [9.17, 15) is 9.59 Å². The molecule has 0 bridgehead atoms. The van der Waals surface area contributed by atoms with Crippen LogP contribution in [0.2, 0.25) is 0 Å². The Morgan fingerprint density at radius 2 is 2.00 bits per heavy atom. The van der Waals surface area contributed by atoms with Gasteiger partial charge in [-0.05, 0) is 39.7 Å². The number of anilines is 4. The molecule has 5 rings (SSSR count). The zero-order valence-corrected chi connectivity index (χ0v) is 20.6. The Morgan fingerprint density at radius 1 is 1.23 bits per heavy atom. The largest absolute Gasteiger partial charge is 0.364 e. The summed E-state index contributed by atoms with van der Waals surface area (Å²) in [6.07, 6.45) is 2.35. The number of ketones is 1. The lowest BCUT2D eigenvalue weighted by atomic mass is 9.93. The van der Waals surface area contributed by atoms with Crippen LogP contribution in [0.1, 0.15) is 70.5 Å². The van der Waals surface area contributed by atoms with Crippen molar-refractivity contribution in [1.82, 2.24) is 19.7 Å². The van der Waals surface area contributed by atoms with Crippen LogP contribution >= 0.6 is 0 Å². The average molecular weight is 477 g/mol. The number of amides is 1. The molecule has 1 aliphatic carbocycles. The molecule has 1 fully saturated rings. The summed E-state index contributed by atoms with van der Waals surface area (Å²) in [7, 11) is 3.90. The summed E-state index contributed by atoms with van der Waals surface area (Å²) in [4.78, 5) is 36.5. The van der Waals surface area contributed by atoms with Gasteiger partial charge < -0.3 is 15.5 Å². The van der Waals surface area contributed by atoms with Gasteiger partial charge in [0.2, 0.25) is 5.91 Å². The van der Waals surface area contributed by atoms with Crippen molar-refractivity contribution in [1.29, 1.82) is 0 Å². The maximum atomic E-state index is 13.0. The molecule has 1 saturated carbocycles. The molecule has 3 aromatic heterocycles. The molecule has 1 amide bonds. The van der Waals surface area contributed by atoms with Crippen molar-refractivity contribution in [3.05, 3.63) is 40.8 Å². The number of nitrogens with one attached hydrogen (secondary N) is 2. The van der Waals surface area contributed by atoms with Crippen molar-refractivity contribution in [2.24, 2.45) is 13.0 Å². The van der Waals surface area contributed by atoms with Crippen LogP contribution in [0, 0.1) is 19.8 Å². The second kappa shape index (κ2) is 8.48. The van der Waals surface area contributed by atoms with Crippen molar-refractivity contribution in [2.45, 2.75) is 52.9 Å². The number of aromatic nitrogens is 4. The van der Waals surface area contributed by atoms with E-state index >= 15 is 0 Å². The van der Waals surface area contributed by atoms with Gasteiger partial charge in [-0.1, -0.05) is 6.85 Å². The lowest BCUT2D eigenvalue weighted by Crippen LogP contribution is -2.27. The Bertz CT molecular complexity index is 1460. The molecule has 0 saturated heterocycles. The summed E-state index contributed by atoms with van der Waals surface area (Å²) in [6.45, 7) is 3.60. The number of carbonyl (C=O) groups excluding carboxylic acids is 2. The van der Waals surface area contributed by atoms with Gasteiger partial charge in [0.25, 0.3) is 0 Å². The molecule has 2 aliphatic rings. The van der Waals surface area contributed by atoms with Crippen LogP contribution in [0.3, 0.4) is 0 Å². The first-order valence-corrected chi connectivity index (χ1v) is 11.7. The highest BCUT2D eigenvalue weighted by Crippen LogP contribution is 2.48. The van der Waals surface area contributed by atoms with Gasteiger partial charge in [-0.15, -0.1) is 0 Å². The Labute approximate surface area is 209 Å². The van der Waals surface area contributed by atoms with Gasteiger partial charge in [-0.2, -0.15) is 5.10 Å². The zero-order chi connectivity index (χ0) is 27.5. The topological polar surface area (TPSA) is 105 Å². The summed E-state index contributed by atoms with van der Waals surface area (Å²) >= 11 is 0. The number of hydrogen-bond donors (Lipinski definition) is 2. The van der Waals surface area contributed by atoms with Gasteiger partial charge >= 0.3 is 0 Å². The third-order valence-corrected chi connectivity index (χ3v) is 6.93. The Hall–Kier alpha value is -3.75. The van der Waals surface area contributed by atoms with Crippen molar-refractivity contribution in [2.75, 3.05) is 22.6 Å². The molecule has 1 atom stereocenters. The quantitative estimate of drug-likeness (QED) is 0.497. The lowest BCUT2D eigenvalue weighted by Gasteiger charge is -2.35. The molecule has 9 nitrogen and oxygen atoms in total.